The molecule has 0 fully saturated rings. The van der Waals surface area contributed by atoms with E-state index < -0.39 is 17.5 Å². The third-order valence-corrected chi connectivity index (χ3v) is 4.54. The van der Waals surface area contributed by atoms with Crippen LogP contribution in [-0.4, -0.2) is 37.0 Å². The van der Waals surface area contributed by atoms with Gasteiger partial charge >= 0.3 is 11.6 Å². The molecule has 0 bridgehead atoms. The molecule has 0 spiro atoms. The molecule has 1 aromatic heterocycles. The third-order valence-electron chi connectivity index (χ3n) is 4.54. The number of esters is 1. The molecule has 146 valence electrons. The van der Waals surface area contributed by atoms with E-state index in [1.165, 1.54) is 7.11 Å². The van der Waals surface area contributed by atoms with Gasteiger partial charge in [0.15, 0.2) is 0 Å². The van der Waals surface area contributed by atoms with Crippen molar-refractivity contribution >= 4 is 22.8 Å². The van der Waals surface area contributed by atoms with Crippen molar-refractivity contribution < 1.29 is 18.7 Å². The minimum Gasteiger partial charge on any atom is -0.469 e. The molecule has 2 rings (SSSR count). The monoisotopic (exact) mass is 373 g/mol. The molecule has 0 N–H and O–H groups in total. The zero-order chi connectivity index (χ0) is 19.8. The normalized spacial score (nSPS) is 12.0. The maximum Gasteiger partial charge on any atom is 0.349 e. The van der Waals surface area contributed by atoms with Gasteiger partial charge in [0.2, 0.25) is 0 Å². The Morgan fingerprint density at radius 2 is 1.93 bits per heavy atom. The highest BCUT2D eigenvalue weighted by Gasteiger charge is 2.25. The summed E-state index contributed by atoms with van der Waals surface area (Å²) in [6.07, 6.45) is 3.96. The predicted molar refractivity (Wildman–Crippen MR) is 104 cm³/mol. The van der Waals surface area contributed by atoms with Crippen LogP contribution in [0.1, 0.15) is 49.9 Å². The molecule has 6 nitrogen and oxygen atoms in total. The number of rotatable bonds is 9. The van der Waals surface area contributed by atoms with Crippen molar-refractivity contribution in [2.45, 2.75) is 39.5 Å². The number of hydrogen-bond acceptors (Lipinski definition) is 5. The SMILES string of the molecule is CCCCCCN(CC(C)C(=O)OC)C(=O)c1cc2ccccc2oc1=O. The van der Waals surface area contributed by atoms with Crippen molar-refractivity contribution in [2.24, 2.45) is 5.92 Å². The summed E-state index contributed by atoms with van der Waals surface area (Å²) in [6.45, 7) is 4.50. The molecule has 0 aliphatic heterocycles. The summed E-state index contributed by atoms with van der Waals surface area (Å²) in [7, 11) is 1.32. The molecular formula is C21H27NO5. The summed E-state index contributed by atoms with van der Waals surface area (Å²) in [4.78, 5) is 38.7. The van der Waals surface area contributed by atoms with Crippen LogP contribution in [0, 0.1) is 5.92 Å². The average Bonchev–Trinajstić information content (AvgIpc) is 2.68. The quantitative estimate of drug-likeness (QED) is 0.381. The van der Waals surface area contributed by atoms with E-state index in [1.54, 1.807) is 36.1 Å². The van der Waals surface area contributed by atoms with E-state index in [2.05, 4.69) is 6.92 Å². The highest BCUT2D eigenvalue weighted by Crippen LogP contribution is 2.15. The number of carbonyl (C=O) groups excluding carboxylic acids is 2. The van der Waals surface area contributed by atoms with Crippen molar-refractivity contribution in [3.05, 3.63) is 46.3 Å². The summed E-state index contributed by atoms with van der Waals surface area (Å²) in [5, 5.41) is 0.687. The molecule has 1 unspecified atom stereocenters. The standard InChI is InChI=1S/C21H27NO5/c1-4-5-6-9-12-22(14-15(2)20(24)26-3)19(23)17-13-16-10-7-8-11-18(16)27-21(17)25/h7-8,10-11,13,15H,4-6,9,12,14H2,1-3H3. The number of nitrogens with zero attached hydrogens (tertiary/aromatic N) is 1. The van der Waals surface area contributed by atoms with Gasteiger partial charge in [0, 0.05) is 18.5 Å². The Morgan fingerprint density at radius 1 is 1.19 bits per heavy atom. The van der Waals surface area contributed by atoms with Crippen molar-refractivity contribution in [1.82, 2.24) is 4.90 Å². The molecule has 1 aromatic carbocycles. The first-order valence-corrected chi connectivity index (χ1v) is 9.38. The van der Waals surface area contributed by atoms with Crippen molar-refractivity contribution in [1.29, 1.82) is 0 Å². The third kappa shape index (κ3) is 5.42. The zero-order valence-corrected chi connectivity index (χ0v) is 16.2. The molecule has 0 aliphatic carbocycles. The van der Waals surface area contributed by atoms with Gasteiger partial charge in [0.25, 0.3) is 5.91 Å². The molecule has 0 saturated carbocycles. The second-order valence-corrected chi connectivity index (χ2v) is 6.72. The first kappa shape index (κ1) is 20.7. The molecule has 0 aliphatic rings. The number of amides is 1. The summed E-state index contributed by atoms with van der Waals surface area (Å²) >= 11 is 0. The Balaban J connectivity index is 2.27. The first-order valence-electron chi connectivity index (χ1n) is 9.38. The summed E-state index contributed by atoms with van der Waals surface area (Å²) in [6, 6.07) is 8.62. The lowest BCUT2D eigenvalue weighted by Gasteiger charge is -2.25. The van der Waals surface area contributed by atoms with E-state index in [0.717, 1.165) is 25.7 Å². The van der Waals surface area contributed by atoms with E-state index in [9.17, 15) is 14.4 Å². The fourth-order valence-corrected chi connectivity index (χ4v) is 2.99. The number of hydrogen-bond donors (Lipinski definition) is 0. The summed E-state index contributed by atoms with van der Waals surface area (Å²) in [5.74, 6) is -1.27. The van der Waals surface area contributed by atoms with E-state index >= 15 is 0 Å². The maximum atomic E-state index is 13.0. The van der Waals surface area contributed by atoms with Crippen LogP contribution in [0.4, 0.5) is 0 Å². The van der Waals surface area contributed by atoms with Crippen LogP contribution in [0.3, 0.4) is 0 Å². The second-order valence-electron chi connectivity index (χ2n) is 6.72. The van der Waals surface area contributed by atoms with Crippen LogP contribution >= 0.6 is 0 Å². The first-order chi connectivity index (χ1) is 13.0. The highest BCUT2D eigenvalue weighted by atomic mass is 16.5. The van der Waals surface area contributed by atoms with Crippen molar-refractivity contribution in [2.75, 3.05) is 20.2 Å². The Labute approximate surface area is 159 Å². The zero-order valence-electron chi connectivity index (χ0n) is 16.2. The predicted octanol–water partition coefficient (Wildman–Crippen LogP) is 3.62. The van der Waals surface area contributed by atoms with Crippen molar-refractivity contribution in [3.63, 3.8) is 0 Å². The van der Waals surface area contributed by atoms with Gasteiger partial charge in [-0.25, -0.2) is 4.79 Å². The van der Waals surface area contributed by atoms with Crippen LogP contribution in [0.25, 0.3) is 11.0 Å². The van der Waals surface area contributed by atoms with E-state index in [1.807, 2.05) is 6.07 Å². The number of para-hydroxylation sites is 1. The van der Waals surface area contributed by atoms with Gasteiger partial charge < -0.3 is 14.1 Å². The van der Waals surface area contributed by atoms with Gasteiger partial charge in [-0.05, 0) is 18.6 Å². The molecule has 6 heteroatoms. The second kappa shape index (κ2) is 9.90. The number of unbranched alkanes of at least 4 members (excludes halogenated alkanes) is 3. The Bertz CT molecular complexity index is 842. The molecule has 0 saturated heterocycles. The van der Waals surface area contributed by atoms with Crippen LogP contribution in [0.2, 0.25) is 0 Å². The number of fused-ring (bicyclic) bond motifs is 1. The lowest BCUT2D eigenvalue weighted by molar-refractivity contribution is -0.145. The van der Waals surface area contributed by atoms with Crippen molar-refractivity contribution in [3.8, 4) is 0 Å². The lowest BCUT2D eigenvalue weighted by atomic mass is 10.1. The topological polar surface area (TPSA) is 76.8 Å². The van der Waals surface area contributed by atoms with Crippen LogP contribution < -0.4 is 5.63 Å². The molecule has 1 amide bonds. The van der Waals surface area contributed by atoms with E-state index in [-0.39, 0.29) is 18.1 Å². The van der Waals surface area contributed by atoms with Gasteiger partial charge in [-0.15, -0.1) is 0 Å². The Morgan fingerprint density at radius 3 is 2.63 bits per heavy atom. The van der Waals surface area contributed by atoms with Crippen LogP contribution in [0.15, 0.2) is 39.5 Å². The molecular weight excluding hydrogens is 346 g/mol. The minimum atomic E-state index is -0.664. The number of methoxy groups -OCH3 is 1. The van der Waals surface area contributed by atoms with E-state index in [0.29, 0.717) is 17.5 Å². The molecule has 2 aromatic rings. The minimum absolute atomic E-state index is 0.0127. The molecule has 1 atom stereocenters. The summed E-state index contributed by atoms with van der Waals surface area (Å²) < 4.78 is 10.1. The number of benzene rings is 1. The fourth-order valence-electron chi connectivity index (χ4n) is 2.99. The summed E-state index contributed by atoms with van der Waals surface area (Å²) in [5.41, 5.74) is -0.235. The maximum absolute atomic E-state index is 13.0. The average molecular weight is 373 g/mol. The lowest BCUT2D eigenvalue weighted by Crippen LogP contribution is -2.39. The van der Waals surface area contributed by atoms with Gasteiger partial charge in [0.05, 0.1) is 13.0 Å². The van der Waals surface area contributed by atoms with Gasteiger partial charge in [-0.3, -0.25) is 9.59 Å². The van der Waals surface area contributed by atoms with Crippen LogP contribution in [-0.2, 0) is 9.53 Å². The smallest absolute Gasteiger partial charge is 0.349 e. The highest BCUT2D eigenvalue weighted by molar-refractivity contribution is 5.96. The van der Waals surface area contributed by atoms with Gasteiger partial charge in [0.1, 0.15) is 11.1 Å². The number of ether oxygens (including phenoxy) is 1. The van der Waals surface area contributed by atoms with Gasteiger partial charge in [-0.1, -0.05) is 51.3 Å². The Kier molecular flexibility index (Phi) is 7.58. The largest absolute Gasteiger partial charge is 0.469 e. The molecule has 0 radical (unpaired) electrons. The fraction of sp³-hybridized carbons (Fsp3) is 0.476. The van der Waals surface area contributed by atoms with Gasteiger partial charge in [-0.2, -0.15) is 0 Å². The number of carbonyl (C=O) groups is 2. The van der Waals surface area contributed by atoms with E-state index in [4.69, 9.17) is 9.15 Å². The van der Waals surface area contributed by atoms with Crippen LogP contribution in [0.5, 0.6) is 0 Å². The molecule has 1 heterocycles. The molecule has 27 heavy (non-hydrogen) atoms. The Hall–Kier alpha value is -2.63.